The predicted octanol–water partition coefficient (Wildman–Crippen LogP) is 1.93. The van der Waals surface area contributed by atoms with Gasteiger partial charge in [0.1, 0.15) is 12.4 Å². The van der Waals surface area contributed by atoms with Crippen LogP contribution in [0.5, 0.6) is 5.75 Å². The molecule has 0 spiro atoms. The molecule has 3 N–H and O–H groups in total. The van der Waals surface area contributed by atoms with E-state index in [-0.39, 0.29) is 0 Å². The van der Waals surface area contributed by atoms with Gasteiger partial charge < -0.3 is 10.2 Å². The second kappa shape index (κ2) is 5.22. The first-order valence-corrected chi connectivity index (χ1v) is 4.18. The van der Waals surface area contributed by atoms with Crippen LogP contribution in [0.4, 0.5) is 5.69 Å². The van der Waals surface area contributed by atoms with E-state index in [2.05, 4.69) is 5.43 Å². The molecular weight excluding hydrogens is 164 g/mol. The molecule has 0 amide bonds. The van der Waals surface area contributed by atoms with Gasteiger partial charge >= 0.3 is 0 Å². The number of nitrogens with two attached hydrogens (primary N) is 1. The molecule has 0 aromatic heterocycles. The average molecular weight is 178 g/mol. The van der Waals surface area contributed by atoms with E-state index < -0.39 is 0 Å². The molecular formula is C10H14N2O. The predicted molar refractivity (Wildman–Crippen MR) is 54.6 cm³/mol. The molecule has 0 aliphatic carbocycles. The fraction of sp³-hybridized carbons (Fsp3) is 0.200. The fourth-order valence-electron chi connectivity index (χ4n) is 0.946. The standard InChI is InChI=1S/C10H14N2O/c1-2-3-8-13-10-7-5-4-6-9(10)12-11/h2-7,12H,8,11H2,1H3/b3-2+. The van der Waals surface area contributed by atoms with Gasteiger partial charge in [-0.15, -0.1) is 0 Å². The fourth-order valence-corrected chi connectivity index (χ4v) is 0.946. The third-order valence-corrected chi connectivity index (χ3v) is 1.61. The van der Waals surface area contributed by atoms with Crippen LogP contribution in [-0.2, 0) is 0 Å². The van der Waals surface area contributed by atoms with Gasteiger partial charge in [-0.2, -0.15) is 0 Å². The smallest absolute Gasteiger partial charge is 0.144 e. The molecule has 0 unspecified atom stereocenters. The third kappa shape index (κ3) is 2.80. The molecule has 0 aliphatic rings. The molecule has 0 radical (unpaired) electrons. The summed E-state index contributed by atoms with van der Waals surface area (Å²) in [6, 6.07) is 7.55. The Bertz CT molecular complexity index is 284. The molecule has 3 heteroatoms. The minimum absolute atomic E-state index is 0.565. The van der Waals surface area contributed by atoms with E-state index in [1.807, 2.05) is 43.3 Å². The summed E-state index contributed by atoms with van der Waals surface area (Å²) in [5, 5.41) is 0. The van der Waals surface area contributed by atoms with Gasteiger partial charge in [0.2, 0.25) is 0 Å². The molecule has 0 heterocycles. The molecule has 0 fully saturated rings. The zero-order chi connectivity index (χ0) is 9.52. The average Bonchev–Trinajstić information content (AvgIpc) is 2.19. The minimum Gasteiger partial charge on any atom is -0.487 e. The van der Waals surface area contributed by atoms with Gasteiger partial charge in [0.15, 0.2) is 0 Å². The number of rotatable bonds is 4. The highest BCUT2D eigenvalue weighted by Crippen LogP contribution is 2.22. The Labute approximate surface area is 78.2 Å². The number of nitrogens with one attached hydrogen (secondary N) is 1. The Morgan fingerprint density at radius 1 is 1.46 bits per heavy atom. The van der Waals surface area contributed by atoms with Crippen molar-refractivity contribution in [1.82, 2.24) is 0 Å². The summed E-state index contributed by atoms with van der Waals surface area (Å²) >= 11 is 0. The number of nitrogen functional groups attached to an aromatic ring is 1. The van der Waals surface area contributed by atoms with Gasteiger partial charge in [0, 0.05) is 0 Å². The highest BCUT2D eigenvalue weighted by molar-refractivity contribution is 5.55. The first-order valence-electron chi connectivity index (χ1n) is 4.18. The van der Waals surface area contributed by atoms with Crippen molar-refractivity contribution in [2.75, 3.05) is 12.0 Å². The van der Waals surface area contributed by atoms with E-state index in [0.717, 1.165) is 11.4 Å². The summed E-state index contributed by atoms with van der Waals surface area (Å²) in [7, 11) is 0. The van der Waals surface area contributed by atoms with Crippen molar-refractivity contribution >= 4 is 5.69 Å². The number of ether oxygens (including phenoxy) is 1. The summed E-state index contributed by atoms with van der Waals surface area (Å²) in [6.45, 7) is 2.52. The van der Waals surface area contributed by atoms with Crippen molar-refractivity contribution in [3.63, 3.8) is 0 Å². The number of benzene rings is 1. The van der Waals surface area contributed by atoms with E-state index >= 15 is 0 Å². The third-order valence-electron chi connectivity index (χ3n) is 1.61. The van der Waals surface area contributed by atoms with Crippen LogP contribution in [0, 0.1) is 0 Å². The van der Waals surface area contributed by atoms with Crippen LogP contribution in [0.15, 0.2) is 36.4 Å². The number of hydrogen-bond acceptors (Lipinski definition) is 3. The van der Waals surface area contributed by atoms with E-state index in [1.54, 1.807) is 0 Å². The van der Waals surface area contributed by atoms with E-state index in [1.165, 1.54) is 0 Å². The Hall–Kier alpha value is -1.48. The maximum Gasteiger partial charge on any atom is 0.144 e. The van der Waals surface area contributed by atoms with Crippen molar-refractivity contribution in [1.29, 1.82) is 0 Å². The normalized spacial score (nSPS) is 10.3. The molecule has 0 saturated heterocycles. The molecule has 70 valence electrons. The first kappa shape index (κ1) is 9.61. The Balaban J connectivity index is 2.64. The maximum absolute atomic E-state index is 5.44. The number of hydrazine groups is 1. The van der Waals surface area contributed by atoms with Crippen LogP contribution >= 0.6 is 0 Å². The van der Waals surface area contributed by atoms with Gasteiger partial charge in [-0.3, -0.25) is 5.84 Å². The van der Waals surface area contributed by atoms with Crippen LogP contribution in [0.3, 0.4) is 0 Å². The monoisotopic (exact) mass is 178 g/mol. The SMILES string of the molecule is C/C=C/COc1ccccc1NN. The lowest BCUT2D eigenvalue weighted by Gasteiger charge is -2.08. The van der Waals surface area contributed by atoms with E-state index in [9.17, 15) is 0 Å². The van der Waals surface area contributed by atoms with Crippen molar-refractivity contribution in [3.05, 3.63) is 36.4 Å². The molecule has 1 rings (SSSR count). The topological polar surface area (TPSA) is 47.3 Å². The number of allylic oxidation sites excluding steroid dienone is 1. The molecule has 0 atom stereocenters. The van der Waals surface area contributed by atoms with Gasteiger partial charge in [0.25, 0.3) is 0 Å². The van der Waals surface area contributed by atoms with E-state index in [0.29, 0.717) is 6.61 Å². The Morgan fingerprint density at radius 2 is 2.23 bits per heavy atom. The summed E-state index contributed by atoms with van der Waals surface area (Å²) in [5.74, 6) is 6.07. The van der Waals surface area contributed by atoms with Crippen molar-refractivity contribution in [2.45, 2.75) is 6.92 Å². The van der Waals surface area contributed by atoms with E-state index in [4.69, 9.17) is 10.6 Å². The summed E-state index contributed by atoms with van der Waals surface area (Å²) in [6.07, 6.45) is 3.88. The largest absolute Gasteiger partial charge is 0.487 e. The number of hydrogen-bond donors (Lipinski definition) is 2. The van der Waals surface area contributed by atoms with Crippen LogP contribution in [0.25, 0.3) is 0 Å². The molecule has 0 bridgehead atoms. The Morgan fingerprint density at radius 3 is 2.92 bits per heavy atom. The highest BCUT2D eigenvalue weighted by atomic mass is 16.5. The zero-order valence-electron chi connectivity index (χ0n) is 7.66. The van der Waals surface area contributed by atoms with Gasteiger partial charge in [0.05, 0.1) is 5.69 Å². The molecule has 1 aromatic carbocycles. The number of para-hydroxylation sites is 2. The highest BCUT2D eigenvalue weighted by Gasteiger charge is 1.98. The number of anilines is 1. The lowest BCUT2D eigenvalue weighted by molar-refractivity contribution is 0.364. The molecule has 1 aromatic rings. The van der Waals surface area contributed by atoms with Crippen LogP contribution < -0.4 is 16.0 Å². The molecule has 0 aliphatic heterocycles. The Kier molecular flexibility index (Phi) is 3.85. The van der Waals surface area contributed by atoms with Crippen molar-refractivity contribution in [3.8, 4) is 5.75 Å². The van der Waals surface area contributed by atoms with Gasteiger partial charge in [-0.25, -0.2) is 0 Å². The van der Waals surface area contributed by atoms with Crippen LogP contribution in [0.1, 0.15) is 6.92 Å². The summed E-state index contributed by atoms with van der Waals surface area (Å²) in [5.41, 5.74) is 3.37. The minimum atomic E-state index is 0.565. The van der Waals surface area contributed by atoms with Crippen LogP contribution in [0.2, 0.25) is 0 Å². The molecule has 0 saturated carbocycles. The lowest BCUT2D eigenvalue weighted by atomic mass is 10.3. The summed E-state index contributed by atoms with van der Waals surface area (Å²) in [4.78, 5) is 0. The first-order chi connectivity index (χ1) is 6.38. The van der Waals surface area contributed by atoms with Crippen LogP contribution in [-0.4, -0.2) is 6.61 Å². The van der Waals surface area contributed by atoms with Gasteiger partial charge in [-0.05, 0) is 19.1 Å². The summed E-state index contributed by atoms with van der Waals surface area (Å²) < 4.78 is 5.44. The van der Waals surface area contributed by atoms with Crippen molar-refractivity contribution in [2.24, 2.45) is 5.84 Å². The zero-order valence-corrected chi connectivity index (χ0v) is 7.66. The second-order valence-electron chi connectivity index (χ2n) is 2.52. The lowest BCUT2D eigenvalue weighted by Crippen LogP contribution is -2.08. The maximum atomic E-state index is 5.44. The second-order valence-corrected chi connectivity index (χ2v) is 2.52. The molecule has 3 nitrogen and oxygen atoms in total. The van der Waals surface area contributed by atoms with Crippen molar-refractivity contribution < 1.29 is 4.74 Å². The molecule has 13 heavy (non-hydrogen) atoms. The van der Waals surface area contributed by atoms with Gasteiger partial charge in [-0.1, -0.05) is 24.3 Å². The quantitative estimate of drug-likeness (QED) is 0.420.